The van der Waals surface area contributed by atoms with Crippen molar-refractivity contribution in [3.8, 4) is 5.75 Å². The second-order valence-electron chi connectivity index (χ2n) is 5.27. The zero-order valence-electron chi connectivity index (χ0n) is 13.2. The van der Waals surface area contributed by atoms with Gasteiger partial charge in [0, 0.05) is 11.8 Å². The third kappa shape index (κ3) is 4.32. The summed E-state index contributed by atoms with van der Waals surface area (Å²) >= 11 is 0. The largest absolute Gasteiger partial charge is 0.497 e. The minimum Gasteiger partial charge on any atom is -0.497 e. The molecule has 0 saturated heterocycles. The molecule has 2 aromatic carbocycles. The molecule has 0 aliphatic heterocycles. The molecule has 0 aromatic heterocycles. The lowest BCUT2D eigenvalue weighted by Crippen LogP contribution is -2.26. The van der Waals surface area contributed by atoms with Crippen LogP contribution in [0.15, 0.2) is 53.4 Å². The third-order valence-corrected chi connectivity index (χ3v) is 4.62. The molecule has 0 bridgehead atoms. The van der Waals surface area contributed by atoms with E-state index in [1.807, 2.05) is 6.92 Å². The van der Waals surface area contributed by atoms with Gasteiger partial charge in [0.1, 0.15) is 5.75 Å². The summed E-state index contributed by atoms with van der Waals surface area (Å²) in [5.74, 6) is 0.395. The first-order valence-electron chi connectivity index (χ1n) is 7.06. The number of nitrogens with one attached hydrogen (secondary N) is 1. The van der Waals surface area contributed by atoms with Crippen molar-refractivity contribution in [2.45, 2.75) is 17.9 Å². The van der Waals surface area contributed by atoms with E-state index in [0.717, 1.165) is 11.8 Å². The highest BCUT2D eigenvalue weighted by molar-refractivity contribution is 7.90. The molecule has 0 aliphatic carbocycles. The van der Waals surface area contributed by atoms with Crippen LogP contribution in [0.5, 0.6) is 5.75 Å². The lowest BCUT2D eigenvalue weighted by Gasteiger charge is -2.15. The molecule has 1 atom stereocenters. The van der Waals surface area contributed by atoms with Gasteiger partial charge in [-0.1, -0.05) is 18.2 Å². The number of benzene rings is 2. The highest BCUT2D eigenvalue weighted by Crippen LogP contribution is 2.18. The summed E-state index contributed by atoms with van der Waals surface area (Å²) in [4.78, 5) is 12.5. The van der Waals surface area contributed by atoms with E-state index in [2.05, 4.69) is 5.32 Å². The van der Waals surface area contributed by atoms with E-state index in [1.165, 1.54) is 0 Å². The summed E-state index contributed by atoms with van der Waals surface area (Å²) in [7, 11) is -1.68. The average Bonchev–Trinajstić information content (AvgIpc) is 2.54. The Kier molecular flexibility index (Phi) is 5.05. The van der Waals surface area contributed by atoms with Gasteiger partial charge >= 0.3 is 0 Å². The van der Waals surface area contributed by atoms with Crippen molar-refractivity contribution in [1.82, 2.24) is 5.32 Å². The Morgan fingerprint density at radius 1 is 1.13 bits per heavy atom. The molecule has 1 N–H and O–H groups in total. The molecule has 0 fully saturated rings. The van der Waals surface area contributed by atoms with E-state index in [9.17, 15) is 13.2 Å². The first-order valence-corrected chi connectivity index (χ1v) is 8.95. The zero-order valence-corrected chi connectivity index (χ0v) is 14.1. The Morgan fingerprint density at radius 3 is 2.35 bits per heavy atom. The number of hydrogen-bond donors (Lipinski definition) is 1. The summed E-state index contributed by atoms with van der Waals surface area (Å²) in [5, 5.41) is 2.88. The van der Waals surface area contributed by atoms with Crippen LogP contribution in [0.1, 0.15) is 28.9 Å². The summed E-state index contributed by atoms with van der Waals surface area (Å²) < 4.78 is 28.0. The molecule has 0 aliphatic rings. The third-order valence-electron chi connectivity index (χ3n) is 3.49. The van der Waals surface area contributed by atoms with Crippen LogP contribution in [-0.2, 0) is 9.84 Å². The molecule has 23 heavy (non-hydrogen) atoms. The molecule has 0 radical (unpaired) electrons. The van der Waals surface area contributed by atoms with Gasteiger partial charge in [-0.3, -0.25) is 4.79 Å². The predicted molar refractivity (Wildman–Crippen MR) is 88.4 cm³/mol. The Balaban J connectivity index is 2.11. The van der Waals surface area contributed by atoms with E-state index in [0.29, 0.717) is 11.3 Å². The Morgan fingerprint density at radius 2 is 1.78 bits per heavy atom. The van der Waals surface area contributed by atoms with Crippen molar-refractivity contribution < 1.29 is 17.9 Å². The van der Waals surface area contributed by atoms with Crippen molar-refractivity contribution in [2.75, 3.05) is 13.4 Å². The molecule has 0 saturated carbocycles. The van der Waals surface area contributed by atoms with Crippen molar-refractivity contribution in [2.24, 2.45) is 0 Å². The van der Waals surface area contributed by atoms with Gasteiger partial charge in [-0.05, 0) is 42.8 Å². The lowest BCUT2D eigenvalue weighted by atomic mass is 10.1. The van der Waals surface area contributed by atoms with E-state index in [4.69, 9.17) is 4.74 Å². The minimum atomic E-state index is -3.22. The quantitative estimate of drug-likeness (QED) is 0.913. The second-order valence-corrected chi connectivity index (χ2v) is 7.28. The molecular weight excluding hydrogens is 314 g/mol. The summed E-state index contributed by atoms with van der Waals surface area (Å²) in [6.45, 7) is 1.84. The predicted octanol–water partition coefficient (Wildman–Crippen LogP) is 2.59. The molecule has 6 heteroatoms. The number of carbonyl (C=O) groups is 1. The Hall–Kier alpha value is -2.34. The van der Waals surface area contributed by atoms with Gasteiger partial charge in [0.15, 0.2) is 9.84 Å². The van der Waals surface area contributed by atoms with Crippen LogP contribution in [0.4, 0.5) is 0 Å². The van der Waals surface area contributed by atoms with Crippen molar-refractivity contribution in [3.63, 3.8) is 0 Å². The first kappa shape index (κ1) is 17.0. The van der Waals surface area contributed by atoms with Gasteiger partial charge in [0.05, 0.1) is 18.0 Å². The standard InChI is InChI=1S/C17H19NO4S/c1-12(13-7-9-16(10-8-13)23(3,20)21)18-17(19)14-5-4-6-15(11-14)22-2/h4-12H,1-3H3,(H,18,19)/t12-/m0/s1. The van der Waals surface area contributed by atoms with Crippen LogP contribution >= 0.6 is 0 Å². The number of sulfone groups is 1. The van der Waals surface area contributed by atoms with Crippen molar-refractivity contribution in [3.05, 3.63) is 59.7 Å². The fourth-order valence-electron chi connectivity index (χ4n) is 2.13. The number of rotatable bonds is 5. The number of carbonyl (C=O) groups excluding carboxylic acids is 1. The minimum absolute atomic E-state index is 0.219. The van der Waals surface area contributed by atoms with Gasteiger partial charge in [-0.15, -0.1) is 0 Å². The second kappa shape index (κ2) is 6.83. The smallest absolute Gasteiger partial charge is 0.251 e. The Labute approximate surface area is 136 Å². The lowest BCUT2D eigenvalue weighted by molar-refractivity contribution is 0.0939. The van der Waals surface area contributed by atoms with Gasteiger partial charge in [0.25, 0.3) is 5.91 Å². The molecule has 2 aromatic rings. The number of amides is 1. The number of methoxy groups -OCH3 is 1. The van der Waals surface area contributed by atoms with E-state index in [-0.39, 0.29) is 16.8 Å². The average molecular weight is 333 g/mol. The zero-order chi connectivity index (χ0) is 17.0. The van der Waals surface area contributed by atoms with Gasteiger partial charge < -0.3 is 10.1 Å². The van der Waals surface area contributed by atoms with Gasteiger partial charge in [0.2, 0.25) is 0 Å². The maximum absolute atomic E-state index is 12.3. The fourth-order valence-corrected chi connectivity index (χ4v) is 2.76. The normalized spacial score (nSPS) is 12.5. The molecular formula is C17H19NO4S. The van der Waals surface area contributed by atoms with Crippen molar-refractivity contribution >= 4 is 15.7 Å². The van der Waals surface area contributed by atoms with Gasteiger partial charge in [-0.2, -0.15) is 0 Å². The molecule has 1 amide bonds. The van der Waals surface area contributed by atoms with E-state index < -0.39 is 9.84 Å². The molecule has 122 valence electrons. The molecule has 0 heterocycles. The molecule has 2 rings (SSSR count). The summed E-state index contributed by atoms with van der Waals surface area (Å²) in [6, 6.07) is 13.1. The number of hydrogen-bond acceptors (Lipinski definition) is 4. The van der Waals surface area contributed by atoms with Crippen LogP contribution in [-0.4, -0.2) is 27.7 Å². The van der Waals surface area contributed by atoms with Crippen LogP contribution in [0.2, 0.25) is 0 Å². The Bertz CT molecular complexity index is 798. The molecule has 0 unspecified atom stereocenters. The highest BCUT2D eigenvalue weighted by Gasteiger charge is 2.13. The maximum Gasteiger partial charge on any atom is 0.251 e. The first-order chi connectivity index (χ1) is 10.8. The molecule has 5 nitrogen and oxygen atoms in total. The summed E-state index contributed by atoms with van der Waals surface area (Å²) in [6.07, 6.45) is 1.16. The van der Waals surface area contributed by atoms with Crippen LogP contribution in [0.3, 0.4) is 0 Å². The van der Waals surface area contributed by atoms with Crippen LogP contribution < -0.4 is 10.1 Å². The van der Waals surface area contributed by atoms with Crippen LogP contribution in [0, 0.1) is 0 Å². The SMILES string of the molecule is COc1cccc(C(=O)N[C@@H](C)c2ccc(S(C)(=O)=O)cc2)c1. The van der Waals surface area contributed by atoms with E-state index in [1.54, 1.807) is 55.6 Å². The maximum atomic E-state index is 12.3. The number of ether oxygens (including phenoxy) is 1. The topological polar surface area (TPSA) is 72.5 Å². The van der Waals surface area contributed by atoms with Crippen molar-refractivity contribution in [1.29, 1.82) is 0 Å². The van der Waals surface area contributed by atoms with Crippen LogP contribution in [0.25, 0.3) is 0 Å². The van der Waals surface area contributed by atoms with E-state index >= 15 is 0 Å². The monoisotopic (exact) mass is 333 g/mol. The fraction of sp³-hybridized carbons (Fsp3) is 0.235. The summed E-state index contributed by atoms with van der Waals surface area (Å²) in [5.41, 5.74) is 1.33. The highest BCUT2D eigenvalue weighted by atomic mass is 32.2. The van der Waals surface area contributed by atoms with Gasteiger partial charge in [-0.25, -0.2) is 8.42 Å². The molecule has 0 spiro atoms.